The number of H-pyrrole nitrogens is 1. The predicted molar refractivity (Wildman–Crippen MR) is 87.8 cm³/mol. The quantitative estimate of drug-likeness (QED) is 0.664. The van der Waals surface area contributed by atoms with Gasteiger partial charge in [-0.1, -0.05) is 29.8 Å². The molecule has 0 aliphatic heterocycles. The lowest BCUT2D eigenvalue weighted by atomic mass is 10.1. The van der Waals surface area contributed by atoms with Crippen molar-refractivity contribution in [2.75, 3.05) is 5.32 Å². The van der Waals surface area contributed by atoms with Gasteiger partial charge in [-0.25, -0.2) is 0 Å². The molecule has 0 aliphatic carbocycles. The van der Waals surface area contributed by atoms with E-state index in [1.807, 2.05) is 12.1 Å². The third kappa shape index (κ3) is 3.71. The summed E-state index contributed by atoms with van der Waals surface area (Å²) in [7, 11) is 0. The second-order valence-electron chi connectivity index (χ2n) is 5.20. The first-order valence-electron chi connectivity index (χ1n) is 7.13. The molecule has 0 saturated heterocycles. The summed E-state index contributed by atoms with van der Waals surface area (Å²) in [5, 5.41) is 10.7. The zero-order valence-electron chi connectivity index (χ0n) is 12.4. The second kappa shape index (κ2) is 6.57. The lowest BCUT2D eigenvalue weighted by molar-refractivity contribution is -0.137. The minimum Gasteiger partial charge on any atom is -0.381 e. The Morgan fingerprint density at radius 3 is 2.50 bits per heavy atom. The number of anilines is 1. The van der Waals surface area contributed by atoms with E-state index in [0.717, 1.165) is 23.4 Å². The smallest absolute Gasteiger partial charge is 0.381 e. The van der Waals surface area contributed by atoms with Crippen LogP contribution in [0.1, 0.15) is 11.1 Å². The van der Waals surface area contributed by atoms with Crippen LogP contribution in [-0.4, -0.2) is 10.2 Å². The molecule has 1 aromatic heterocycles. The van der Waals surface area contributed by atoms with Crippen molar-refractivity contribution >= 4 is 17.3 Å². The largest absolute Gasteiger partial charge is 0.416 e. The van der Waals surface area contributed by atoms with Gasteiger partial charge < -0.3 is 5.32 Å². The Bertz CT molecular complexity index is 826. The van der Waals surface area contributed by atoms with Gasteiger partial charge >= 0.3 is 6.18 Å². The van der Waals surface area contributed by atoms with Crippen molar-refractivity contribution in [1.82, 2.24) is 10.2 Å². The average Bonchev–Trinajstić information content (AvgIpc) is 3.01. The predicted octanol–water partition coefficient (Wildman–Crippen LogP) is 5.36. The summed E-state index contributed by atoms with van der Waals surface area (Å²) in [5.41, 5.74) is 2.24. The second-order valence-corrected chi connectivity index (χ2v) is 5.63. The molecule has 0 spiro atoms. The van der Waals surface area contributed by atoms with E-state index in [-0.39, 0.29) is 0 Å². The Kier molecular flexibility index (Phi) is 4.49. The van der Waals surface area contributed by atoms with Gasteiger partial charge in [-0.3, -0.25) is 5.10 Å². The van der Waals surface area contributed by atoms with Gasteiger partial charge in [0.2, 0.25) is 0 Å². The van der Waals surface area contributed by atoms with Crippen LogP contribution in [0.5, 0.6) is 0 Å². The minimum atomic E-state index is -4.35. The molecule has 124 valence electrons. The summed E-state index contributed by atoms with van der Waals surface area (Å²) in [6, 6.07) is 12.2. The monoisotopic (exact) mass is 351 g/mol. The van der Waals surface area contributed by atoms with Crippen molar-refractivity contribution in [2.24, 2.45) is 0 Å². The van der Waals surface area contributed by atoms with E-state index in [4.69, 9.17) is 11.6 Å². The molecular formula is C17H13ClF3N3. The number of aromatic nitrogens is 2. The molecule has 0 fully saturated rings. The van der Waals surface area contributed by atoms with Crippen LogP contribution >= 0.6 is 11.6 Å². The fourth-order valence-electron chi connectivity index (χ4n) is 2.31. The third-order valence-corrected chi connectivity index (χ3v) is 3.75. The number of nitrogens with one attached hydrogen (secondary N) is 2. The molecule has 0 amide bonds. The van der Waals surface area contributed by atoms with E-state index in [1.165, 1.54) is 12.1 Å². The number of hydrogen-bond donors (Lipinski definition) is 2. The van der Waals surface area contributed by atoms with Crippen LogP contribution in [-0.2, 0) is 12.7 Å². The molecule has 24 heavy (non-hydrogen) atoms. The van der Waals surface area contributed by atoms with Gasteiger partial charge in [-0.05, 0) is 30.3 Å². The highest BCUT2D eigenvalue weighted by Gasteiger charge is 2.30. The lowest BCUT2D eigenvalue weighted by Gasteiger charge is -2.09. The fraction of sp³-hybridized carbons (Fsp3) is 0.118. The lowest BCUT2D eigenvalue weighted by Crippen LogP contribution is -2.04. The first-order valence-corrected chi connectivity index (χ1v) is 7.51. The van der Waals surface area contributed by atoms with E-state index < -0.39 is 11.7 Å². The third-order valence-electron chi connectivity index (χ3n) is 3.51. The van der Waals surface area contributed by atoms with Crippen molar-refractivity contribution in [3.8, 4) is 11.3 Å². The molecule has 3 aromatic rings. The Hall–Kier alpha value is -2.47. The van der Waals surface area contributed by atoms with Gasteiger partial charge in [-0.15, -0.1) is 0 Å². The Balaban J connectivity index is 1.78. The first kappa shape index (κ1) is 16.4. The summed E-state index contributed by atoms with van der Waals surface area (Å²) in [5.74, 6) is 0. The van der Waals surface area contributed by atoms with E-state index in [1.54, 1.807) is 18.3 Å². The molecule has 0 atom stereocenters. The molecule has 0 unspecified atom stereocenters. The topological polar surface area (TPSA) is 40.7 Å². The van der Waals surface area contributed by atoms with Crippen molar-refractivity contribution < 1.29 is 13.2 Å². The summed E-state index contributed by atoms with van der Waals surface area (Å²) in [6.45, 7) is 0.465. The van der Waals surface area contributed by atoms with Crippen LogP contribution in [0.25, 0.3) is 11.3 Å². The summed E-state index contributed by atoms with van der Waals surface area (Å²) in [6.07, 6.45) is -2.63. The zero-order valence-corrected chi connectivity index (χ0v) is 13.1. The van der Waals surface area contributed by atoms with Crippen molar-refractivity contribution in [3.63, 3.8) is 0 Å². The molecule has 0 bridgehead atoms. The van der Waals surface area contributed by atoms with Gasteiger partial charge in [0.05, 0.1) is 11.3 Å². The van der Waals surface area contributed by atoms with Crippen molar-refractivity contribution in [3.05, 3.63) is 70.9 Å². The molecule has 0 aliphatic rings. The molecule has 2 aromatic carbocycles. The number of hydrogen-bond acceptors (Lipinski definition) is 2. The Morgan fingerprint density at radius 1 is 1.08 bits per heavy atom. The van der Waals surface area contributed by atoms with E-state index in [0.29, 0.717) is 22.8 Å². The highest BCUT2D eigenvalue weighted by Crippen LogP contribution is 2.31. The fourth-order valence-corrected chi connectivity index (χ4v) is 2.50. The maximum absolute atomic E-state index is 12.6. The highest BCUT2D eigenvalue weighted by molar-refractivity contribution is 6.30. The summed E-state index contributed by atoms with van der Waals surface area (Å²) in [4.78, 5) is 0. The van der Waals surface area contributed by atoms with Gasteiger partial charge in [-0.2, -0.15) is 18.3 Å². The summed E-state index contributed by atoms with van der Waals surface area (Å²) < 4.78 is 37.9. The van der Waals surface area contributed by atoms with Crippen LogP contribution in [0.3, 0.4) is 0 Å². The molecule has 0 saturated carbocycles. The first-order chi connectivity index (χ1) is 11.4. The minimum absolute atomic E-state index is 0.465. The van der Waals surface area contributed by atoms with Crippen molar-refractivity contribution in [2.45, 2.75) is 12.7 Å². The SMILES string of the molecule is FC(F)(F)c1ccc(-c2n[nH]cc2CNc2cccc(Cl)c2)cc1. The molecule has 2 N–H and O–H groups in total. The van der Waals surface area contributed by atoms with Gasteiger partial charge in [0, 0.05) is 34.6 Å². The van der Waals surface area contributed by atoms with Gasteiger partial charge in [0.15, 0.2) is 0 Å². The molecule has 7 heteroatoms. The average molecular weight is 352 g/mol. The van der Waals surface area contributed by atoms with Crippen LogP contribution in [0.15, 0.2) is 54.7 Å². The number of rotatable bonds is 4. The van der Waals surface area contributed by atoms with E-state index in [2.05, 4.69) is 15.5 Å². The van der Waals surface area contributed by atoms with E-state index in [9.17, 15) is 13.2 Å². The standard InChI is InChI=1S/C17H13ClF3N3/c18-14-2-1-3-15(8-14)22-9-12-10-23-24-16(12)11-4-6-13(7-5-11)17(19,20)21/h1-8,10,22H,9H2,(H,23,24). The number of alkyl halides is 3. The number of aromatic amines is 1. The number of nitrogens with zero attached hydrogens (tertiary/aromatic N) is 1. The van der Waals surface area contributed by atoms with Crippen LogP contribution < -0.4 is 5.32 Å². The van der Waals surface area contributed by atoms with Crippen LogP contribution in [0.4, 0.5) is 18.9 Å². The summed E-state index contributed by atoms with van der Waals surface area (Å²) >= 11 is 5.93. The number of halogens is 4. The zero-order chi connectivity index (χ0) is 17.2. The highest BCUT2D eigenvalue weighted by atomic mass is 35.5. The normalized spacial score (nSPS) is 11.5. The molecule has 1 heterocycles. The molecule has 3 nitrogen and oxygen atoms in total. The maximum atomic E-state index is 12.6. The van der Waals surface area contributed by atoms with Crippen molar-refractivity contribution in [1.29, 1.82) is 0 Å². The van der Waals surface area contributed by atoms with Crippen LogP contribution in [0.2, 0.25) is 5.02 Å². The van der Waals surface area contributed by atoms with Gasteiger partial charge in [0.1, 0.15) is 0 Å². The Labute approximate surface area is 141 Å². The van der Waals surface area contributed by atoms with Gasteiger partial charge in [0.25, 0.3) is 0 Å². The maximum Gasteiger partial charge on any atom is 0.416 e. The Morgan fingerprint density at radius 2 is 1.83 bits per heavy atom. The molecule has 3 rings (SSSR count). The van der Waals surface area contributed by atoms with E-state index >= 15 is 0 Å². The number of benzene rings is 2. The molecular weight excluding hydrogens is 339 g/mol. The molecule has 0 radical (unpaired) electrons. The van der Waals surface area contributed by atoms with Crippen LogP contribution in [0, 0.1) is 0 Å².